The standard InChI is InChI=1S/C11H22N2O2/c1-8(5-7-14)13-10(15)11(2)6-3-4-9(11)12/h8-9,14H,3-7,12H2,1-2H3,(H,13,15). The summed E-state index contributed by atoms with van der Waals surface area (Å²) in [6.45, 7) is 3.94. The molecule has 1 rings (SSSR count). The van der Waals surface area contributed by atoms with Crippen LogP contribution in [0, 0.1) is 5.41 Å². The Hall–Kier alpha value is -0.610. The Morgan fingerprint density at radius 2 is 2.40 bits per heavy atom. The van der Waals surface area contributed by atoms with E-state index in [0.717, 1.165) is 19.3 Å². The average molecular weight is 214 g/mol. The number of carbonyl (C=O) groups excluding carboxylic acids is 1. The Balaban J connectivity index is 2.52. The molecule has 4 N–H and O–H groups in total. The van der Waals surface area contributed by atoms with Gasteiger partial charge in [0.05, 0.1) is 5.41 Å². The lowest BCUT2D eigenvalue weighted by Crippen LogP contribution is -2.49. The smallest absolute Gasteiger partial charge is 0.227 e. The van der Waals surface area contributed by atoms with Gasteiger partial charge in [0.2, 0.25) is 5.91 Å². The highest BCUT2D eigenvalue weighted by molar-refractivity contribution is 5.83. The highest BCUT2D eigenvalue weighted by atomic mass is 16.3. The van der Waals surface area contributed by atoms with Gasteiger partial charge in [-0.05, 0) is 33.1 Å². The molecule has 1 amide bonds. The Bertz CT molecular complexity index is 233. The third-order valence-corrected chi connectivity index (χ3v) is 3.49. The Morgan fingerprint density at radius 3 is 2.87 bits per heavy atom. The second kappa shape index (κ2) is 4.94. The zero-order chi connectivity index (χ0) is 11.5. The molecule has 3 atom stereocenters. The zero-order valence-electron chi connectivity index (χ0n) is 9.62. The Kier molecular flexibility index (Phi) is 4.11. The molecule has 1 aliphatic rings. The monoisotopic (exact) mass is 214 g/mol. The summed E-state index contributed by atoms with van der Waals surface area (Å²) >= 11 is 0. The molecule has 4 heteroatoms. The van der Waals surface area contributed by atoms with Crippen LogP contribution in [0.1, 0.15) is 39.5 Å². The van der Waals surface area contributed by atoms with Crippen LogP contribution >= 0.6 is 0 Å². The molecule has 1 saturated carbocycles. The lowest BCUT2D eigenvalue weighted by molar-refractivity contribution is -0.131. The molecule has 0 bridgehead atoms. The van der Waals surface area contributed by atoms with Crippen LogP contribution in [0.15, 0.2) is 0 Å². The first-order chi connectivity index (χ1) is 7.00. The van der Waals surface area contributed by atoms with Crippen molar-refractivity contribution in [2.24, 2.45) is 11.1 Å². The van der Waals surface area contributed by atoms with E-state index in [0.29, 0.717) is 6.42 Å². The van der Waals surface area contributed by atoms with Crippen molar-refractivity contribution in [3.63, 3.8) is 0 Å². The molecular formula is C11H22N2O2. The van der Waals surface area contributed by atoms with Gasteiger partial charge in [-0.15, -0.1) is 0 Å². The van der Waals surface area contributed by atoms with Gasteiger partial charge >= 0.3 is 0 Å². The van der Waals surface area contributed by atoms with E-state index in [-0.39, 0.29) is 24.6 Å². The molecule has 0 aromatic carbocycles. The Labute approximate surface area is 91.2 Å². The van der Waals surface area contributed by atoms with Gasteiger partial charge in [-0.1, -0.05) is 6.42 Å². The summed E-state index contributed by atoms with van der Waals surface area (Å²) in [5, 5.41) is 11.7. The number of hydrogen-bond acceptors (Lipinski definition) is 3. The number of amides is 1. The van der Waals surface area contributed by atoms with Crippen molar-refractivity contribution in [3.05, 3.63) is 0 Å². The largest absolute Gasteiger partial charge is 0.396 e. The molecule has 0 spiro atoms. The van der Waals surface area contributed by atoms with Crippen LogP contribution in [0.3, 0.4) is 0 Å². The maximum atomic E-state index is 12.0. The van der Waals surface area contributed by atoms with Gasteiger partial charge in [0, 0.05) is 18.7 Å². The van der Waals surface area contributed by atoms with Crippen LogP contribution in [-0.2, 0) is 4.79 Å². The van der Waals surface area contributed by atoms with Crippen LogP contribution in [0.4, 0.5) is 0 Å². The van der Waals surface area contributed by atoms with E-state index in [1.165, 1.54) is 0 Å². The van der Waals surface area contributed by atoms with E-state index in [2.05, 4.69) is 5.32 Å². The molecule has 0 saturated heterocycles. The van der Waals surface area contributed by atoms with E-state index in [1.54, 1.807) is 0 Å². The molecular weight excluding hydrogens is 192 g/mol. The predicted molar refractivity (Wildman–Crippen MR) is 59.2 cm³/mol. The van der Waals surface area contributed by atoms with Gasteiger partial charge in [0.15, 0.2) is 0 Å². The quantitative estimate of drug-likeness (QED) is 0.633. The molecule has 4 nitrogen and oxygen atoms in total. The molecule has 0 aromatic rings. The number of hydrogen-bond donors (Lipinski definition) is 3. The zero-order valence-corrected chi connectivity index (χ0v) is 9.62. The number of rotatable bonds is 4. The fourth-order valence-electron chi connectivity index (χ4n) is 2.13. The molecule has 0 heterocycles. The molecule has 3 unspecified atom stereocenters. The maximum Gasteiger partial charge on any atom is 0.227 e. The molecule has 88 valence electrons. The van der Waals surface area contributed by atoms with Crippen LogP contribution in [0.2, 0.25) is 0 Å². The number of aliphatic hydroxyl groups excluding tert-OH is 1. The van der Waals surface area contributed by atoms with E-state index in [9.17, 15) is 4.79 Å². The van der Waals surface area contributed by atoms with Gasteiger partial charge in [0.1, 0.15) is 0 Å². The van der Waals surface area contributed by atoms with E-state index in [1.807, 2.05) is 13.8 Å². The van der Waals surface area contributed by atoms with Gasteiger partial charge < -0.3 is 16.2 Å². The minimum atomic E-state index is -0.413. The van der Waals surface area contributed by atoms with Crippen LogP contribution in [0.25, 0.3) is 0 Å². The van der Waals surface area contributed by atoms with Crippen LogP contribution in [0.5, 0.6) is 0 Å². The minimum absolute atomic E-state index is 0.0205. The molecule has 0 aliphatic heterocycles. The molecule has 0 radical (unpaired) electrons. The van der Waals surface area contributed by atoms with Crippen molar-refractivity contribution >= 4 is 5.91 Å². The van der Waals surface area contributed by atoms with Gasteiger partial charge in [0.25, 0.3) is 0 Å². The summed E-state index contributed by atoms with van der Waals surface area (Å²) in [6, 6.07) is -0.00838. The minimum Gasteiger partial charge on any atom is -0.396 e. The van der Waals surface area contributed by atoms with Gasteiger partial charge in [-0.25, -0.2) is 0 Å². The summed E-state index contributed by atoms with van der Waals surface area (Å²) in [5.41, 5.74) is 5.54. The molecule has 1 fully saturated rings. The van der Waals surface area contributed by atoms with Crippen molar-refractivity contribution in [1.29, 1.82) is 0 Å². The number of aliphatic hydroxyl groups is 1. The fourth-order valence-corrected chi connectivity index (χ4v) is 2.13. The first kappa shape index (κ1) is 12.5. The molecule has 0 aromatic heterocycles. The van der Waals surface area contributed by atoms with E-state index in [4.69, 9.17) is 10.8 Å². The highest BCUT2D eigenvalue weighted by Gasteiger charge is 2.43. The number of nitrogens with one attached hydrogen (secondary N) is 1. The fraction of sp³-hybridized carbons (Fsp3) is 0.909. The third-order valence-electron chi connectivity index (χ3n) is 3.49. The molecule has 1 aliphatic carbocycles. The van der Waals surface area contributed by atoms with E-state index >= 15 is 0 Å². The van der Waals surface area contributed by atoms with Crippen molar-refractivity contribution < 1.29 is 9.90 Å². The summed E-state index contributed by atoms with van der Waals surface area (Å²) in [6.07, 6.45) is 3.42. The summed E-state index contributed by atoms with van der Waals surface area (Å²) < 4.78 is 0. The van der Waals surface area contributed by atoms with Crippen molar-refractivity contribution in [3.8, 4) is 0 Å². The van der Waals surface area contributed by atoms with Crippen LogP contribution in [-0.4, -0.2) is 29.7 Å². The normalized spacial score (nSPS) is 32.7. The van der Waals surface area contributed by atoms with Gasteiger partial charge in [-0.2, -0.15) is 0 Å². The topological polar surface area (TPSA) is 75.3 Å². The SMILES string of the molecule is CC(CCO)NC(=O)C1(C)CCCC1N. The lowest BCUT2D eigenvalue weighted by Gasteiger charge is -2.29. The second-order valence-corrected chi connectivity index (χ2v) is 4.80. The summed E-state index contributed by atoms with van der Waals surface area (Å²) in [7, 11) is 0. The summed E-state index contributed by atoms with van der Waals surface area (Å²) in [4.78, 5) is 12.0. The van der Waals surface area contributed by atoms with Gasteiger partial charge in [-0.3, -0.25) is 4.79 Å². The highest BCUT2D eigenvalue weighted by Crippen LogP contribution is 2.36. The second-order valence-electron chi connectivity index (χ2n) is 4.80. The van der Waals surface area contributed by atoms with Crippen molar-refractivity contribution in [2.75, 3.05) is 6.61 Å². The third kappa shape index (κ3) is 2.69. The first-order valence-electron chi connectivity index (χ1n) is 5.68. The number of nitrogens with two attached hydrogens (primary N) is 1. The first-order valence-corrected chi connectivity index (χ1v) is 5.68. The lowest BCUT2D eigenvalue weighted by atomic mass is 9.84. The summed E-state index contributed by atoms with van der Waals surface area (Å²) in [5.74, 6) is 0.0356. The average Bonchev–Trinajstić information content (AvgIpc) is 2.48. The van der Waals surface area contributed by atoms with Crippen molar-refractivity contribution in [2.45, 2.75) is 51.6 Å². The number of carbonyl (C=O) groups is 1. The Morgan fingerprint density at radius 1 is 1.73 bits per heavy atom. The predicted octanol–water partition coefficient (Wildman–Crippen LogP) is 0.391. The van der Waals surface area contributed by atoms with Crippen molar-refractivity contribution in [1.82, 2.24) is 5.32 Å². The van der Waals surface area contributed by atoms with Crippen LogP contribution < -0.4 is 11.1 Å². The van der Waals surface area contributed by atoms with E-state index < -0.39 is 5.41 Å². The molecule has 15 heavy (non-hydrogen) atoms. The maximum absolute atomic E-state index is 12.0.